The van der Waals surface area contributed by atoms with E-state index in [4.69, 9.17) is 28.3 Å². The molecule has 0 aliphatic carbocycles. The molecule has 0 aliphatic rings. The maximum atomic E-state index is 12.1. The van der Waals surface area contributed by atoms with Crippen molar-refractivity contribution in [1.29, 1.82) is 0 Å². The molecule has 0 spiro atoms. The number of benzene rings is 1. The van der Waals surface area contributed by atoms with Crippen LogP contribution in [-0.2, 0) is 14.8 Å². The van der Waals surface area contributed by atoms with Gasteiger partial charge in [-0.2, -0.15) is 4.72 Å². The molecule has 0 unspecified atom stereocenters. The van der Waals surface area contributed by atoms with E-state index < -0.39 is 22.0 Å². The molecule has 0 saturated heterocycles. The highest BCUT2D eigenvalue weighted by molar-refractivity contribution is 9.10. The first-order chi connectivity index (χ1) is 8.69. The van der Waals surface area contributed by atoms with Gasteiger partial charge in [-0.1, -0.05) is 46.1 Å². The smallest absolute Gasteiger partial charge is 0.321 e. The van der Waals surface area contributed by atoms with E-state index >= 15 is 0 Å². The van der Waals surface area contributed by atoms with Gasteiger partial charge in [-0.05, 0) is 18.6 Å². The number of aliphatic carboxylic acids is 1. The molecule has 1 rings (SSSR count). The number of carboxylic acid groups (broad SMARTS) is 1. The highest BCUT2D eigenvalue weighted by atomic mass is 79.9. The Morgan fingerprint density at radius 2 is 1.89 bits per heavy atom. The van der Waals surface area contributed by atoms with Crippen molar-refractivity contribution in [3.05, 3.63) is 26.7 Å². The molecule has 0 saturated carbocycles. The Bertz CT molecular complexity index is 583. The number of carbonyl (C=O) groups is 1. The van der Waals surface area contributed by atoms with E-state index in [1.165, 1.54) is 12.1 Å². The summed E-state index contributed by atoms with van der Waals surface area (Å²) >= 11 is 14.8. The van der Waals surface area contributed by atoms with Gasteiger partial charge in [-0.25, -0.2) is 8.42 Å². The van der Waals surface area contributed by atoms with E-state index in [2.05, 4.69) is 15.9 Å². The molecular formula is C10H10BrCl2NO4S. The fourth-order valence-electron chi connectivity index (χ4n) is 1.34. The third-order valence-electron chi connectivity index (χ3n) is 2.24. The number of hydrogen-bond acceptors (Lipinski definition) is 3. The number of rotatable bonds is 5. The summed E-state index contributed by atoms with van der Waals surface area (Å²) in [4.78, 5) is 10.5. The van der Waals surface area contributed by atoms with Crippen LogP contribution in [0.2, 0.25) is 10.0 Å². The van der Waals surface area contributed by atoms with Crippen molar-refractivity contribution in [2.45, 2.75) is 24.3 Å². The SMILES string of the molecule is CC[C@@H](NS(=O)(=O)c1c(Cl)cc(Br)cc1Cl)C(=O)O. The van der Waals surface area contributed by atoms with Gasteiger partial charge in [0.05, 0.1) is 10.0 Å². The molecule has 0 aliphatic heterocycles. The van der Waals surface area contributed by atoms with Crippen LogP contribution in [0.4, 0.5) is 0 Å². The Morgan fingerprint density at radius 1 is 1.42 bits per heavy atom. The van der Waals surface area contributed by atoms with Crippen LogP contribution < -0.4 is 4.72 Å². The van der Waals surface area contributed by atoms with E-state index in [-0.39, 0.29) is 21.4 Å². The monoisotopic (exact) mass is 389 g/mol. The van der Waals surface area contributed by atoms with Gasteiger partial charge in [-0.15, -0.1) is 0 Å². The van der Waals surface area contributed by atoms with Gasteiger partial charge >= 0.3 is 5.97 Å². The first kappa shape index (κ1) is 16.7. The van der Waals surface area contributed by atoms with E-state index in [0.717, 1.165) is 0 Å². The molecule has 1 atom stereocenters. The van der Waals surface area contributed by atoms with Crippen LogP contribution in [0, 0.1) is 0 Å². The largest absolute Gasteiger partial charge is 0.480 e. The molecule has 0 bridgehead atoms. The number of hydrogen-bond donors (Lipinski definition) is 2. The van der Waals surface area contributed by atoms with E-state index in [0.29, 0.717) is 4.47 Å². The van der Waals surface area contributed by atoms with Crippen molar-refractivity contribution in [2.75, 3.05) is 0 Å². The summed E-state index contributed by atoms with van der Waals surface area (Å²) in [5.41, 5.74) is 0. The lowest BCUT2D eigenvalue weighted by Crippen LogP contribution is -2.40. The van der Waals surface area contributed by atoms with E-state index in [1.54, 1.807) is 6.92 Å². The fraction of sp³-hybridized carbons (Fsp3) is 0.300. The van der Waals surface area contributed by atoms with E-state index in [9.17, 15) is 13.2 Å². The van der Waals surface area contributed by atoms with Gasteiger partial charge in [0.25, 0.3) is 0 Å². The van der Waals surface area contributed by atoms with Crippen LogP contribution >= 0.6 is 39.1 Å². The van der Waals surface area contributed by atoms with Crippen molar-refractivity contribution >= 4 is 55.1 Å². The minimum Gasteiger partial charge on any atom is -0.480 e. The van der Waals surface area contributed by atoms with Crippen molar-refractivity contribution in [3.63, 3.8) is 0 Å². The van der Waals surface area contributed by atoms with Gasteiger partial charge in [0.2, 0.25) is 10.0 Å². The predicted octanol–water partition coefficient (Wildman–Crippen LogP) is 2.90. The van der Waals surface area contributed by atoms with Crippen LogP contribution in [0.1, 0.15) is 13.3 Å². The highest BCUT2D eigenvalue weighted by Gasteiger charge is 2.28. The summed E-state index contributed by atoms with van der Waals surface area (Å²) in [6, 6.07) is 1.49. The topological polar surface area (TPSA) is 83.5 Å². The molecule has 0 heterocycles. The molecule has 0 fully saturated rings. The minimum atomic E-state index is -4.11. The second-order valence-electron chi connectivity index (χ2n) is 3.62. The maximum absolute atomic E-state index is 12.1. The molecule has 9 heteroatoms. The quantitative estimate of drug-likeness (QED) is 0.809. The number of sulfonamides is 1. The van der Waals surface area contributed by atoms with Crippen LogP contribution in [0.15, 0.2) is 21.5 Å². The van der Waals surface area contributed by atoms with Crippen LogP contribution in [0.3, 0.4) is 0 Å². The van der Waals surface area contributed by atoms with Gasteiger partial charge in [0.1, 0.15) is 10.9 Å². The Kier molecular flexibility index (Phi) is 5.64. The second kappa shape index (κ2) is 6.41. The lowest BCUT2D eigenvalue weighted by Gasteiger charge is -2.14. The number of nitrogens with one attached hydrogen (secondary N) is 1. The summed E-state index contributed by atoms with van der Waals surface area (Å²) in [5.74, 6) is -1.27. The summed E-state index contributed by atoms with van der Waals surface area (Å²) in [5, 5.41) is 8.68. The Hall–Kier alpha value is -0.340. The van der Waals surface area contributed by atoms with Gasteiger partial charge in [0, 0.05) is 4.47 Å². The van der Waals surface area contributed by atoms with Gasteiger partial charge in [-0.3, -0.25) is 4.79 Å². The summed E-state index contributed by atoms with van der Waals surface area (Å²) in [7, 11) is -4.11. The average molecular weight is 391 g/mol. The lowest BCUT2D eigenvalue weighted by atomic mass is 10.2. The second-order valence-corrected chi connectivity index (χ2v) is 7.00. The zero-order chi connectivity index (χ0) is 14.8. The minimum absolute atomic E-state index is 0.0906. The number of carboxylic acids is 1. The molecule has 106 valence electrons. The summed E-state index contributed by atoms with van der Waals surface area (Å²) < 4.78 is 26.8. The van der Waals surface area contributed by atoms with Crippen LogP contribution in [0.5, 0.6) is 0 Å². The first-order valence-electron chi connectivity index (χ1n) is 5.08. The summed E-state index contributed by atoms with van der Waals surface area (Å²) in [6.07, 6.45) is 0.0975. The molecule has 1 aromatic rings. The van der Waals surface area contributed by atoms with Gasteiger partial charge in [0.15, 0.2) is 0 Å². The summed E-state index contributed by atoms with van der Waals surface area (Å²) in [6.45, 7) is 1.55. The normalized spacial score (nSPS) is 13.3. The first-order valence-corrected chi connectivity index (χ1v) is 8.12. The maximum Gasteiger partial charge on any atom is 0.321 e. The molecule has 0 radical (unpaired) electrons. The third kappa shape index (κ3) is 4.06. The van der Waals surface area contributed by atoms with Crippen molar-refractivity contribution in [2.24, 2.45) is 0 Å². The molecular weight excluding hydrogens is 381 g/mol. The van der Waals surface area contributed by atoms with E-state index in [1.807, 2.05) is 4.72 Å². The highest BCUT2D eigenvalue weighted by Crippen LogP contribution is 2.32. The standard InChI is InChI=1S/C10H10BrCl2NO4S/c1-2-8(10(15)16)14-19(17,18)9-6(12)3-5(11)4-7(9)13/h3-4,8,14H,2H2,1H3,(H,15,16)/t8-/m1/s1. The Labute approximate surface area is 129 Å². The van der Waals surface area contributed by atoms with Crippen LogP contribution in [-0.4, -0.2) is 25.5 Å². The molecule has 19 heavy (non-hydrogen) atoms. The lowest BCUT2D eigenvalue weighted by molar-refractivity contribution is -0.139. The molecule has 5 nitrogen and oxygen atoms in total. The Morgan fingerprint density at radius 3 is 2.26 bits per heavy atom. The molecule has 1 aromatic carbocycles. The molecule has 2 N–H and O–H groups in total. The molecule has 0 amide bonds. The molecule has 0 aromatic heterocycles. The van der Waals surface area contributed by atoms with Gasteiger partial charge < -0.3 is 5.11 Å². The number of halogens is 3. The Balaban J connectivity index is 3.25. The van der Waals surface area contributed by atoms with Crippen molar-refractivity contribution < 1.29 is 18.3 Å². The zero-order valence-corrected chi connectivity index (χ0v) is 13.6. The van der Waals surface area contributed by atoms with Crippen LogP contribution in [0.25, 0.3) is 0 Å². The fourth-order valence-corrected chi connectivity index (χ4v) is 4.55. The predicted molar refractivity (Wildman–Crippen MR) is 76.2 cm³/mol. The van der Waals surface area contributed by atoms with Crippen molar-refractivity contribution in [3.8, 4) is 0 Å². The van der Waals surface area contributed by atoms with Crippen molar-refractivity contribution in [1.82, 2.24) is 4.72 Å². The average Bonchev–Trinajstić information content (AvgIpc) is 2.23. The zero-order valence-electron chi connectivity index (χ0n) is 9.65. The third-order valence-corrected chi connectivity index (χ3v) is 5.09.